The summed E-state index contributed by atoms with van der Waals surface area (Å²) < 4.78 is 18.3. The highest BCUT2D eigenvalue weighted by Gasteiger charge is 2.39. The standard InChI is InChI=1S/C31H30N4O7S2/c1-6-41-29(39)24-17(4)32-31-35(25(24)18-12-13-21(42-16(2)3)22(14-18)40-5)28(38)23(44-31)15-20-26(36)33-30(43)34(27(20)37)19-10-8-7-9-11-19/h7-16,20,25H,6H2,1-5H3,(H,33,36,43)/b23-15-/t20-,25+/m1/s1. The predicted molar refractivity (Wildman–Crippen MR) is 168 cm³/mol. The minimum Gasteiger partial charge on any atom is -0.493 e. The van der Waals surface area contributed by atoms with Gasteiger partial charge < -0.3 is 19.5 Å². The van der Waals surface area contributed by atoms with E-state index >= 15 is 0 Å². The number of nitrogens with zero attached hydrogens (tertiary/aromatic N) is 3. The van der Waals surface area contributed by atoms with E-state index in [0.29, 0.717) is 28.4 Å². The molecule has 44 heavy (non-hydrogen) atoms. The number of fused-ring (bicyclic) bond motifs is 1. The normalized spacial score (nSPS) is 18.6. The van der Waals surface area contributed by atoms with Crippen molar-refractivity contribution in [2.75, 3.05) is 18.6 Å². The Bertz CT molecular complexity index is 1880. The maximum atomic E-state index is 14.1. The van der Waals surface area contributed by atoms with Gasteiger partial charge in [-0.05, 0) is 75.8 Å². The number of methoxy groups -OCH3 is 1. The van der Waals surface area contributed by atoms with E-state index in [1.165, 1.54) is 22.7 Å². The number of carbonyl (C=O) groups excluding carboxylic acids is 3. The first-order valence-electron chi connectivity index (χ1n) is 13.8. The van der Waals surface area contributed by atoms with Gasteiger partial charge in [0.25, 0.3) is 5.56 Å². The van der Waals surface area contributed by atoms with Crippen molar-refractivity contribution >= 4 is 58.2 Å². The number of anilines is 1. The fraction of sp³-hybridized carbons (Fsp3) is 0.290. The molecule has 13 heteroatoms. The first kappa shape index (κ1) is 30.8. The first-order valence-corrected chi connectivity index (χ1v) is 15.1. The highest BCUT2D eigenvalue weighted by Crippen LogP contribution is 2.36. The number of carbonyl (C=O) groups is 3. The van der Waals surface area contributed by atoms with Crippen molar-refractivity contribution in [1.29, 1.82) is 0 Å². The lowest BCUT2D eigenvalue weighted by atomic mass is 9.95. The fourth-order valence-corrected chi connectivity index (χ4v) is 6.39. The molecule has 0 bridgehead atoms. The quantitative estimate of drug-likeness (QED) is 0.228. The van der Waals surface area contributed by atoms with Crippen LogP contribution in [0.1, 0.15) is 39.3 Å². The van der Waals surface area contributed by atoms with Crippen LogP contribution < -0.4 is 34.6 Å². The number of ether oxygens (including phenoxy) is 3. The molecule has 228 valence electrons. The Kier molecular flexibility index (Phi) is 8.79. The van der Waals surface area contributed by atoms with E-state index in [1.807, 2.05) is 13.8 Å². The first-order chi connectivity index (χ1) is 21.0. The zero-order chi connectivity index (χ0) is 31.7. The monoisotopic (exact) mass is 634 g/mol. The van der Waals surface area contributed by atoms with E-state index in [-0.39, 0.29) is 32.7 Å². The van der Waals surface area contributed by atoms with Crippen LogP contribution in [-0.2, 0) is 19.1 Å². The molecular weight excluding hydrogens is 604 g/mol. The molecule has 0 aliphatic carbocycles. The molecule has 1 aromatic heterocycles. The van der Waals surface area contributed by atoms with Gasteiger partial charge in [-0.3, -0.25) is 23.9 Å². The van der Waals surface area contributed by atoms with Crippen molar-refractivity contribution in [3.8, 4) is 11.5 Å². The molecule has 1 saturated heterocycles. The second-order valence-electron chi connectivity index (χ2n) is 10.2. The molecule has 11 nitrogen and oxygen atoms in total. The molecule has 3 heterocycles. The van der Waals surface area contributed by atoms with Crippen LogP contribution in [0, 0.1) is 5.92 Å². The van der Waals surface area contributed by atoms with E-state index in [1.54, 1.807) is 62.4 Å². The summed E-state index contributed by atoms with van der Waals surface area (Å²) in [5, 5.41) is 2.51. The molecule has 5 rings (SSSR count). The molecule has 3 aromatic rings. The number of aromatic nitrogens is 1. The maximum Gasteiger partial charge on any atom is 0.338 e. The lowest BCUT2D eigenvalue weighted by Crippen LogP contribution is -2.58. The van der Waals surface area contributed by atoms with Gasteiger partial charge in [0.15, 0.2) is 21.4 Å². The zero-order valence-corrected chi connectivity index (χ0v) is 26.3. The summed E-state index contributed by atoms with van der Waals surface area (Å²) in [6, 6.07) is 12.9. The van der Waals surface area contributed by atoms with Gasteiger partial charge in [0.05, 0.1) is 47.4 Å². The number of thiocarbonyl (C=S) groups is 1. The lowest BCUT2D eigenvalue weighted by molar-refractivity contribution is -0.139. The average Bonchev–Trinajstić information content (AvgIpc) is 3.29. The summed E-state index contributed by atoms with van der Waals surface area (Å²) in [6.07, 6.45) is 1.20. The number of hydrogen-bond acceptors (Lipinski definition) is 10. The third-order valence-corrected chi connectivity index (χ3v) is 8.20. The summed E-state index contributed by atoms with van der Waals surface area (Å²) in [7, 11) is 1.50. The van der Waals surface area contributed by atoms with Crippen LogP contribution in [0.5, 0.6) is 11.5 Å². The number of esters is 1. The smallest absolute Gasteiger partial charge is 0.338 e. The Labute approximate surface area is 262 Å². The predicted octanol–water partition coefficient (Wildman–Crippen LogP) is 2.61. The fourth-order valence-electron chi connectivity index (χ4n) is 5.04. The van der Waals surface area contributed by atoms with Crippen LogP contribution in [-0.4, -0.2) is 47.3 Å². The van der Waals surface area contributed by atoms with Gasteiger partial charge in [-0.1, -0.05) is 35.6 Å². The van der Waals surface area contributed by atoms with E-state index < -0.39 is 35.3 Å². The summed E-state index contributed by atoms with van der Waals surface area (Å²) in [5.41, 5.74) is 1.05. The van der Waals surface area contributed by atoms with Crippen molar-refractivity contribution in [2.45, 2.75) is 39.8 Å². The highest BCUT2D eigenvalue weighted by atomic mass is 32.1. The van der Waals surface area contributed by atoms with Gasteiger partial charge in [0.1, 0.15) is 5.92 Å². The van der Waals surface area contributed by atoms with E-state index in [0.717, 1.165) is 11.3 Å². The van der Waals surface area contributed by atoms with Gasteiger partial charge in [0, 0.05) is 0 Å². The van der Waals surface area contributed by atoms with Gasteiger partial charge in [0.2, 0.25) is 11.8 Å². The summed E-state index contributed by atoms with van der Waals surface area (Å²) in [6.45, 7) is 7.26. The van der Waals surface area contributed by atoms with E-state index in [4.69, 9.17) is 26.4 Å². The molecule has 0 unspecified atom stereocenters. The molecule has 1 N–H and O–H groups in total. The number of benzene rings is 2. The molecule has 2 aliphatic heterocycles. The van der Waals surface area contributed by atoms with Crippen LogP contribution >= 0.6 is 23.6 Å². The maximum absolute atomic E-state index is 14.1. The molecule has 0 saturated carbocycles. The number of allylic oxidation sites excluding steroid dienone is 1. The average molecular weight is 635 g/mol. The topological polar surface area (TPSA) is 129 Å². The Morgan fingerprint density at radius 3 is 2.52 bits per heavy atom. The molecule has 2 atom stereocenters. The molecular formula is C31H30N4O7S2. The Morgan fingerprint density at radius 1 is 1.14 bits per heavy atom. The third kappa shape index (κ3) is 5.67. The van der Waals surface area contributed by atoms with Crippen LogP contribution in [0.2, 0.25) is 0 Å². The van der Waals surface area contributed by atoms with Gasteiger partial charge >= 0.3 is 5.97 Å². The van der Waals surface area contributed by atoms with Crippen molar-refractivity contribution in [1.82, 2.24) is 9.88 Å². The lowest BCUT2D eigenvalue weighted by Gasteiger charge is -2.31. The molecule has 0 spiro atoms. The van der Waals surface area contributed by atoms with Gasteiger partial charge in [-0.2, -0.15) is 0 Å². The molecule has 1 fully saturated rings. The van der Waals surface area contributed by atoms with Crippen molar-refractivity contribution in [3.05, 3.63) is 85.1 Å². The Morgan fingerprint density at radius 2 is 1.86 bits per heavy atom. The molecule has 2 aliphatic rings. The van der Waals surface area contributed by atoms with Crippen molar-refractivity contribution < 1.29 is 28.6 Å². The van der Waals surface area contributed by atoms with Crippen molar-refractivity contribution in [2.24, 2.45) is 10.9 Å². The third-order valence-electron chi connectivity index (χ3n) is 6.92. The van der Waals surface area contributed by atoms with Crippen LogP contribution in [0.25, 0.3) is 6.08 Å². The second kappa shape index (κ2) is 12.5. The Hall–Kier alpha value is -4.62. The second-order valence-corrected chi connectivity index (χ2v) is 11.6. The molecule has 2 amide bonds. The SMILES string of the molecule is CCOC(=O)C1=C(C)N=c2s/c(=C\[C@@H]3C(=O)NC(=S)N(c4ccccc4)C3=O)c(=O)n2[C@H]1c1ccc(OC(C)C)c(OC)c1. The van der Waals surface area contributed by atoms with Crippen molar-refractivity contribution in [3.63, 3.8) is 0 Å². The molecule has 2 aromatic carbocycles. The summed E-state index contributed by atoms with van der Waals surface area (Å²) in [5.74, 6) is -2.29. The van der Waals surface area contributed by atoms with Crippen LogP contribution in [0.4, 0.5) is 5.69 Å². The summed E-state index contributed by atoms with van der Waals surface area (Å²) >= 11 is 6.29. The van der Waals surface area contributed by atoms with Crippen LogP contribution in [0.15, 0.2) is 69.6 Å². The summed E-state index contributed by atoms with van der Waals surface area (Å²) in [4.78, 5) is 59.9. The number of thiazole rings is 1. The van der Waals surface area contributed by atoms with E-state index in [9.17, 15) is 19.2 Å². The Balaban J connectivity index is 1.66. The number of amides is 2. The zero-order valence-electron chi connectivity index (χ0n) is 24.7. The van der Waals surface area contributed by atoms with Gasteiger partial charge in [-0.25, -0.2) is 9.79 Å². The number of hydrogen-bond donors (Lipinski definition) is 1. The highest BCUT2D eigenvalue weighted by molar-refractivity contribution is 7.80. The largest absolute Gasteiger partial charge is 0.493 e. The minimum absolute atomic E-state index is 0.0501. The molecule has 0 radical (unpaired) electrons. The van der Waals surface area contributed by atoms with E-state index in [2.05, 4.69) is 10.3 Å². The number of nitrogens with one attached hydrogen (secondary N) is 1. The number of rotatable bonds is 8. The van der Waals surface area contributed by atoms with Crippen LogP contribution in [0.3, 0.4) is 0 Å². The minimum atomic E-state index is -1.33. The van der Waals surface area contributed by atoms with Gasteiger partial charge in [-0.15, -0.1) is 0 Å². The number of para-hydroxylation sites is 1.